The van der Waals surface area contributed by atoms with E-state index in [4.69, 9.17) is 0 Å². The number of fused-ring (bicyclic) bond motifs is 3. The van der Waals surface area contributed by atoms with Gasteiger partial charge in [0, 0.05) is 11.6 Å². The van der Waals surface area contributed by atoms with E-state index in [0.29, 0.717) is 19.4 Å². The zero-order chi connectivity index (χ0) is 18.5. The molecule has 2 aromatic rings. The molecule has 27 heavy (non-hydrogen) atoms. The minimum Gasteiger partial charge on any atom is -0.480 e. The fourth-order valence-electron chi connectivity index (χ4n) is 4.70. The van der Waals surface area contributed by atoms with Gasteiger partial charge in [-0.3, -0.25) is 14.5 Å². The van der Waals surface area contributed by atoms with Gasteiger partial charge in [-0.25, -0.2) is 0 Å². The highest BCUT2D eigenvalue weighted by atomic mass is 16.4. The Labute approximate surface area is 158 Å². The van der Waals surface area contributed by atoms with Crippen LogP contribution in [0.2, 0.25) is 0 Å². The largest absolute Gasteiger partial charge is 0.480 e. The summed E-state index contributed by atoms with van der Waals surface area (Å²) in [7, 11) is 0. The number of carboxylic acids is 1. The minimum absolute atomic E-state index is 0.0348. The van der Waals surface area contributed by atoms with E-state index in [1.807, 2.05) is 40.1 Å². The van der Waals surface area contributed by atoms with Crippen molar-refractivity contribution in [3.63, 3.8) is 0 Å². The summed E-state index contributed by atoms with van der Waals surface area (Å²) in [6, 6.07) is 15.6. The SMILES string of the molecule is O=C(O)C1CCC(C(=O)N2Cc3ccccc3-c3ccccc32)N1C1CC1. The molecule has 5 nitrogen and oxygen atoms in total. The van der Waals surface area contributed by atoms with Gasteiger partial charge in [0.2, 0.25) is 5.91 Å². The Bertz CT molecular complexity index is 921. The predicted octanol–water partition coefficient (Wildman–Crippen LogP) is 3.28. The lowest BCUT2D eigenvalue weighted by Gasteiger charge is -2.36. The summed E-state index contributed by atoms with van der Waals surface area (Å²) in [5.74, 6) is -0.769. The molecule has 2 aromatic carbocycles. The second-order valence-corrected chi connectivity index (χ2v) is 7.72. The third-order valence-electron chi connectivity index (χ3n) is 6.07. The van der Waals surface area contributed by atoms with Crippen molar-refractivity contribution in [2.45, 2.75) is 50.4 Å². The van der Waals surface area contributed by atoms with Crippen LogP contribution in [0.4, 0.5) is 5.69 Å². The summed E-state index contributed by atoms with van der Waals surface area (Å²) in [5.41, 5.74) is 4.30. The molecule has 0 radical (unpaired) electrons. The van der Waals surface area contributed by atoms with E-state index in [9.17, 15) is 14.7 Å². The maximum atomic E-state index is 13.6. The van der Waals surface area contributed by atoms with Crippen LogP contribution in [0.5, 0.6) is 0 Å². The van der Waals surface area contributed by atoms with Gasteiger partial charge < -0.3 is 10.0 Å². The number of carbonyl (C=O) groups is 2. The summed E-state index contributed by atoms with van der Waals surface area (Å²) in [6.07, 6.45) is 3.15. The van der Waals surface area contributed by atoms with Crippen molar-refractivity contribution in [3.05, 3.63) is 54.1 Å². The quantitative estimate of drug-likeness (QED) is 0.910. The molecule has 1 aliphatic carbocycles. The Morgan fingerprint density at radius 2 is 1.52 bits per heavy atom. The number of para-hydroxylation sites is 1. The van der Waals surface area contributed by atoms with Crippen LogP contribution in [0.15, 0.2) is 48.5 Å². The molecule has 0 aromatic heterocycles. The summed E-state index contributed by atoms with van der Waals surface area (Å²) in [5, 5.41) is 9.59. The lowest BCUT2D eigenvalue weighted by atomic mass is 9.93. The first-order valence-electron chi connectivity index (χ1n) is 9.64. The van der Waals surface area contributed by atoms with Crippen LogP contribution < -0.4 is 4.90 Å². The summed E-state index contributed by atoms with van der Waals surface area (Å²) in [4.78, 5) is 29.1. The molecule has 5 rings (SSSR count). The van der Waals surface area contributed by atoms with Crippen LogP contribution in [0.1, 0.15) is 31.2 Å². The molecule has 5 heteroatoms. The fourth-order valence-corrected chi connectivity index (χ4v) is 4.70. The van der Waals surface area contributed by atoms with Gasteiger partial charge in [0.25, 0.3) is 0 Å². The molecule has 1 saturated carbocycles. The highest BCUT2D eigenvalue weighted by Crippen LogP contribution is 2.42. The molecule has 2 unspecified atom stereocenters. The number of hydrogen-bond donors (Lipinski definition) is 1. The first kappa shape index (κ1) is 16.5. The Morgan fingerprint density at radius 1 is 0.852 bits per heavy atom. The van der Waals surface area contributed by atoms with Crippen molar-refractivity contribution in [2.75, 3.05) is 4.90 Å². The molecule has 0 spiro atoms. The summed E-state index contributed by atoms with van der Waals surface area (Å²) >= 11 is 0. The van der Waals surface area contributed by atoms with Crippen molar-refractivity contribution in [1.29, 1.82) is 0 Å². The van der Waals surface area contributed by atoms with E-state index >= 15 is 0 Å². The number of hydrogen-bond acceptors (Lipinski definition) is 3. The Kier molecular flexibility index (Phi) is 3.79. The van der Waals surface area contributed by atoms with Crippen LogP contribution >= 0.6 is 0 Å². The van der Waals surface area contributed by atoms with Crippen molar-refractivity contribution >= 4 is 17.6 Å². The number of carbonyl (C=O) groups excluding carboxylic acids is 1. The van der Waals surface area contributed by atoms with Gasteiger partial charge >= 0.3 is 5.97 Å². The van der Waals surface area contributed by atoms with Crippen LogP contribution in [-0.2, 0) is 16.1 Å². The molecule has 1 saturated heterocycles. The molecule has 138 valence electrons. The van der Waals surface area contributed by atoms with E-state index in [2.05, 4.69) is 18.2 Å². The van der Waals surface area contributed by atoms with Crippen molar-refractivity contribution in [1.82, 2.24) is 4.90 Å². The third kappa shape index (κ3) is 2.65. The van der Waals surface area contributed by atoms with Crippen molar-refractivity contribution in [3.8, 4) is 11.1 Å². The molecule has 3 aliphatic rings. The van der Waals surface area contributed by atoms with E-state index < -0.39 is 12.0 Å². The van der Waals surface area contributed by atoms with Crippen molar-refractivity contribution < 1.29 is 14.7 Å². The second-order valence-electron chi connectivity index (χ2n) is 7.72. The number of amides is 1. The number of nitrogens with zero attached hydrogens (tertiary/aromatic N) is 2. The van der Waals surface area contributed by atoms with E-state index in [1.165, 1.54) is 5.56 Å². The van der Waals surface area contributed by atoms with Gasteiger partial charge in [0.1, 0.15) is 6.04 Å². The minimum atomic E-state index is -0.804. The average Bonchev–Trinajstić information content (AvgIpc) is 3.44. The van der Waals surface area contributed by atoms with E-state index in [-0.39, 0.29) is 18.0 Å². The second kappa shape index (κ2) is 6.20. The standard InChI is InChI=1S/C22H22N2O3/c25-21(19-11-12-20(22(26)27)24(19)15-9-10-15)23-13-14-5-1-2-6-16(14)17-7-3-4-8-18(17)23/h1-8,15,19-20H,9-13H2,(H,26,27). The van der Waals surface area contributed by atoms with Gasteiger partial charge in [-0.05, 0) is 42.9 Å². The van der Waals surface area contributed by atoms with Gasteiger partial charge in [-0.2, -0.15) is 0 Å². The number of anilines is 1. The average molecular weight is 362 g/mol. The summed E-state index contributed by atoms with van der Waals surface area (Å²) < 4.78 is 0. The molecule has 2 fully saturated rings. The first-order valence-corrected chi connectivity index (χ1v) is 9.64. The van der Waals surface area contributed by atoms with E-state index in [1.54, 1.807) is 0 Å². The zero-order valence-corrected chi connectivity index (χ0v) is 15.0. The lowest BCUT2D eigenvalue weighted by Crippen LogP contribution is -2.51. The molecular weight excluding hydrogens is 340 g/mol. The molecule has 1 amide bonds. The first-order chi connectivity index (χ1) is 13.1. The predicted molar refractivity (Wildman–Crippen MR) is 102 cm³/mol. The zero-order valence-electron chi connectivity index (χ0n) is 15.0. The molecule has 2 atom stereocenters. The number of rotatable bonds is 3. The van der Waals surface area contributed by atoms with Crippen LogP contribution in [0.3, 0.4) is 0 Å². The van der Waals surface area contributed by atoms with Crippen LogP contribution in [-0.4, -0.2) is 40.0 Å². The maximum absolute atomic E-state index is 13.6. The molecule has 2 aliphatic heterocycles. The van der Waals surface area contributed by atoms with E-state index in [0.717, 1.165) is 29.7 Å². The molecule has 2 heterocycles. The highest BCUT2D eigenvalue weighted by Gasteiger charge is 2.49. The van der Waals surface area contributed by atoms with Gasteiger partial charge in [0.15, 0.2) is 0 Å². The Morgan fingerprint density at radius 3 is 2.26 bits per heavy atom. The number of benzene rings is 2. The molecule has 0 bridgehead atoms. The van der Waals surface area contributed by atoms with Crippen LogP contribution in [0, 0.1) is 0 Å². The van der Waals surface area contributed by atoms with Crippen LogP contribution in [0.25, 0.3) is 11.1 Å². The number of aliphatic carboxylic acids is 1. The lowest BCUT2D eigenvalue weighted by molar-refractivity contribution is -0.143. The van der Waals surface area contributed by atoms with Crippen molar-refractivity contribution in [2.24, 2.45) is 0 Å². The Hall–Kier alpha value is -2.66. The third-order valence-corrected chi connectivity index (χ3v) is 6.07. The number of likely N-dealkylation sites (tertiary alicyclic amines) is 1. The monoisotopic (exact) mass is 362 g/mol. The Balaban J connectivity index is 1.52. The van der Waals surface area contributed by atoms with Gasteiger partial charge in [-0.15, -0.1) is 0 Å². The van der Waals surface area contributed by atoms with Gasteiger partial charge in [-0.1, -0.05) is 42.5 Å². The maximum Gasteiger partial charge on any atom is 0.320 e. The molecule has 1 N–H and O–H groups in total. The number of carboxylic acid groups (broad SMARTS) is 1. The summed E-state index contributed by atoms with van der Waals surface area (Å²) in [6.45, 7) is 0.540. The normalized spacial score (nSPS) is 24.4. The smallest absolute Gasteiger partial charge is 0.320 e. The van der Waals surface area contributed by atoms with Gasteiger partial charge in [0.05, 0.1) is 18.3 Å². The fraction of sp³-hybridized carbons (Fsp3) is 0.364. The highest BCUT2D eigenvalue weighted by molar-refractivity contribution is 6.03. The topological polar surface area (TPSA) is 60.9 Å². The molecular formula is C22H22N2O3.